The molecule has 27 heavy (non-hydrogen) atoms. The summed E-state index contributed by atoms with van der Waals surface area (Å²) in [5.74, 6) is 0.173. The normalized spacial score (nSPS) is 23.0. The molecule has 1 fully saturated rings. The highest BCUT2D eigenvalue weighted by molar-refractivity contribution is 5.76. The molecule has 1 amide bonds. The number of carbonyl (C=O) groups excluding carboxylic acids is 1. The zero-order chi connectivity index (χ0) is 20.1. The van der Waals surface area contributed by atoms with Gasteiger partial charge in [-0.15, -0.1) is 0 Å². The number of nitrogens with zero attached hydrogens (tertiary/aromatic N) is 1. The van der Waals surface area contributed by atoms with E-state index >= 15 is 0 Å². The minimum atomic E-state index is -0.155. The lowest BCUT2D eigenvalue weighted by Crippen LogP contribution is -2.66. The van der Waals surface area contributed by atoms with Crippen molar-refractivity contribution < 1.29 is 9.63 Å². The summed E-state index contributed by atoms with van der Waals surface area (Å²) in [7, 11) is 0. The molecule has 4 nitrogen and oxygen atoms in total. The number of hydrogen-bond acceptors (Lipinski definition) is 3. The van der Waals surface area contributed by atoms with E-state index in [1.165, 1.54) is 5.56 Å². The summed E-state index contributed by atoms with van der Waals surface area (Å²) in [5.41, 5.74) is 0.958. The summed E-state index contributed by atoms with van der Waals surface area (Å²) in [6.45, 7) is 13.1. The third kappa shape index (κ3) is 5.11. The van der Waals surface area contributed by atoms with Gasteiger partial charge < -0.3 is 5.32 Å². The Balaban J connectivity index is 2.23. The van der Waals surface area contributed by atoms with E-state index in [9.17, 15) is 4.79 Å². The van der Waals surface area contributed by atoms with Gasteiger partial charge in [-0.3, -0.25) is 9.63 Å². The fourth-order valence-corrected chi connectivity index (χ4v) is 4.59. The quantitative estimate of drug-likeness (QED) is 0.662. The van der Waals surface area contributed by atoms with E-state index < -0.39 is 0 Å². The lowest BCUT2D eigenvalue weighted by molar-refractivity contribution is -0.316. The van der Waals surface area contributed by atoms with Gasteiger partial charge in [0.1, 0.15) is 6.10 Å². The second kappa shape index (κ2) is 9.20. The predicted octanol–water partition coefficient (Wildman–Crippen LogP) is 5.40. The first-order valence-corrected chi connectivity index (χ1v) is 10.6. The molecule has 4 heteroatoms. The number of nitrogens with one attached hydrogen (secondary N) is 1. The van der Waals surface area contributed by atoms with Crippen LogP contribution in [0.1, 0.15) is 91.7 Å². The molecule has 0 saturated carbocycles. The van der Waals surface area contributed by atoms with Crippen molar-refractivity contribution in [2.75, 3.05) is 0 Å². The summed E-state index contributed by atoms with van der Waals surface area (Å²) < 4.78 is 0. The standard InChI is InChI=1S/C23H38N2O2/c1-7-13-21(26)24-20-16-22(5,6)25(23(8-2,9-3)17-20)27-18(4)19-14-11-10-12-15-19/h10-12,14-15,18,20H,7-9,13,16-17H2,1-6H3,(H,24,26). The Bertz CT molecular complexity index is 596. The van der Waals surface area contributed by atoms with Gasteiger partial charge in [-0.25, -0.2) is 0 Å². The van der Waals surface area contributed by atoms with Crippen LogP contribution in [-0.2, 0) is 9.63 Å². The van der Waals surface area contributed by atoms with E-state index in [0.29, 0.717) is 6.42 Å². The summed E-state index contributed by atoms with van der Waals surface area (Å²) in [5, 5.41) is 5.55. The van der Waals surface area contributed by atoms with Gasteiger partial charge in [0, 0.05) is 23.5 Å². The molecule has 0 radical (unpaired) electrons. The molecule has 1 aliphatic heterocycles. The van der Waals surface area contributed by atoms with Crippen LogP contribution in [0.15, 0.2) is 30.3 Å². The Morgan fingerprint density at radius 2 is 1.81 bits per heavy atom. The molecule has 1 aliphatic rings. The molecule has 1 saturated heterocycles. The molecule has 1 aromatic rings. The van der Waals surface area contributed by atoms with Crippen LogP contribution < -0.4 is 5.32 Å². The Morgan fingerprint density at radius 3 is 2.37 bits per heavy atom. The third-order valence-electron chi connectivity index (χ3n) is 6.04. The van der Waals surface area contributed by atoms with Crippen LogP contribution >= 0.6 is 0 Å². The van der Waals surface area contributed by atoms with Gasteiger partial charge in [0.15, 0.2) is 0 Å². The van der Waals surface area contributed by atoms with Gasteiger partial charge in [-0.1, -0.05) is 51.1 Å². The molecule has 0 aliphatic carbocycles. The van der Waals surface area contributed by atoms with E-state index in [0.717, 1.165) is 32.1 Å². The maximum atomic E-state index is 12.2. The average Bonchev–Trinajstić information content (AvgIpc) is 2.64. The zero-order valence-electron chi connectivity index (χ0n) is 18.0. The number of hydroxylamine groups is 2. The smallest absolute Gasteiger partial charge is 0.220 e. The maximum absolute atomic E-state index is 12.2. The highest BCUT2D eigenvalue weighted by Gasteiger charge is 2.50. The lowest BCUT2D eigenvalue weighted by atomic mass is 9.74. The van der Waals surface area contributed by atoms with Gasteiger partial charge in [0.25, 0.3) is 0 Å². The SMILES string of the molecule is CCCC(=O)NC1CC(C)(C)N(OC(C)c2ccccc2)C(CC)(CC)C1. The van der Waals surface area contributed by atoms with Gasteiger partial charge in [0.2, 0.25) is 5.91 Å². The fourth-order valence-electron chi connectivity index (χ4n) is 4.59. The summed E-state index contributed by atoms with van der Waals surface area (Å²) in [6, 6.07) is 10.6. The second-order valence-corrected chi connectivity index (χ2v) is 8.62. The Kier molecular flexibility index (Phi) is 7.47. The van der Waals surface area contributed by atoms with E-state index in [-0.39, 0.29) is 29.1 Å². The van der Waals surface area contributed by atoms with Crippen molar-refractivity contribution in [3.63, 3.8) is 0 Å². The third-order valence-corrected chi connectivity index (χ3v) is 6.04. The number of hydrogen-bond donors (Lipinski definition) is 1. The molecule has 2 atom stereocenters. The fraction of sp³-hybridized carbons (Fsp3) is 0.696. The van der Waals surface area contributed by atoms with Crippen molar-refractivity contribution in [1.29, 1.82) is 0 Å². The largest absolute Gasteiger partial charge is 0.353 e. The van der Waals surface area contributed by atoms with Crippen LogP contribution in [0.2, 0.25) is 0 Å². The minimum absolute atomic E-state index is 0.00539. The topological polar surface area (TPSA) is 41.6 Å². The van der Waals surface area contributed by atoms with Crippen LogP contribution in [0.25, 0.3) is 0 Å². The summed E-state index contributed by atoms with van der Waals surface area (Å²) >= 11 is 0. The van der Waals surface area contributed by atoms with Gasteiger partial charge in [0.05, 0.1) is 0 Å². The monoisotopic (exact) mass is 374 g/mol. The zero-order valence-corrected chi connectivity index (χ0v) is 18.0. The van der Waals surface area contributed by atoms with Gasteiger partial charge >= 0.3 is 0 Å². The van der Waals surface area contributed by atoms with Crippen molar-refractivity contribution in [2.24, 2.45) is 0 Å². The highest BCUT2D eigenvalue weighted by atomic mass is 16.7. The molecule has 1 heterocycles. The summed E-state index contributed by atoms with van der Waals surface area (Å²) in [6.07, 6.45) is 5.30. The molecular formula is C23H38N2O2. The Morgan fingerprint density at radius 1 is 1.19 bits per heavy atom. The van der Waals surface area contributed by atoms with Crippen molar-refractivity contribution in [1.82, 2.24) is 10.4 Å². The number of piperidine rings is 1. The van der Waals surface area contributed by atoms with Crippen molar-refractivity contribution >= 4 is 5.91 Å². The number of amides is 1. The Labute approximate surface area is 165 Å². The second-order valence-electron chi connectivity index (χ2n) is 8.62. The first-order valence-electron chi connectivity index (χ1n) is 10.6. The predicted molar refractivity (Wildman–Crippen MR) is 111 cm³/mol. The van der Waals surface area contributed by atoms with Gasteiger partial charge in [-0.2, -0.15) is 5.06 Å². The molecular weight excluding hydrogens is 336 g/mol. The van der Waals surface area contributed by atoms with Gasteiger partial charge in [-0.05, 0) is 58.4 Å². The molecule has 0 spiro atoms. The van der Waals surface area contributed by atoms with Crippen LogP contribution in [0, 0.1) is 0 Å². The number of rotatable bonds is 8. The van der Waals surface area contributed by atoms with Crippen LogP contribution in [0.3, 0.4) is 0 Å². The Hall–Kier alpha value is -1.39. The van der Waals surface area contributed by atoms with Crippen LogP contribution in [0.5, 0.6) is 0 Å². The number of carbonyl (C=O) groups is 1. The molecule has 0 bridgehead atoms. The first-order chi connectivity index (χ1) is 12.8. The van der Waals surface area contributed by atoms with Crippen LogP contribution in [0.4, 0.5) is 0 Å². The van der Waals surface area contributed by atoms with E-state index in [1.54, 1.807) is 0 Å². The first kappa shape index (κ1) is 21.9. The summed E-state index contributed by atoms with van der Waals surface area (Å²) in [4.78, 5) is 18.8. The van der Waals surface area contributed by atoms with Crippen molar-refractivity contribution in [2.45, 2.75) is 103 Å². The average molecular weight is 375 g/mol. The number of benzene rings is 1. The van der Waals surface area contributed by atoms with Crippen molar-refractivity contribution in [3.8, 4) is 0 Å². The molecule has 152 valence electrons. The lowest BCUT2D eigenvalue weighted by Gasteiger charge is -2.57. The maximum Gasteiger partial charge on any atom is 0.220 e. The van der Waals surface area contributed by atoms with Crippen molar-refractivity contribution in [3.05, 3.63) is 35.9 Å². The van der Waals surface area contributed by atoms with E-state index in [4.69, 9.17) is 4.84 Å². The molecule has 2 unspecified atom stereocenters. The van der Waals surface area contributed by atoms with E-state index in [1.807, 2.05) is 13.0 Å². The molecule has 1 aromatic carbocycles. The molecule has 1 N–H and O–H groups in total. The molecule has 0 aromatic heterocycles. The highest BCUT2D eigenvalue weighted by Crippen LogP contribution is 2.44. The van der Waals surface area contributed by atoms with E-state index in [2.05, 4.69) is 69.3 Å². The minimum Gasteiger partial charge on any atom is -0.353 e. The molecule has 2 rings (SSSR count). The van der Waals surface area contributed by atoms with Crippen LogP contribution in [-0.4, -0.2) is 28.1 Å².